The van der Waals surface area contributed by atoms with Crippen molar-refractivity contribution in [2.75, 3.05) is 13.7 Å². The molecule has 1 aromatic heterocycles. The van der Waals surface area contributed by atoms with E-state index in [1.165, 1.54) is 25.7 Å². The number of methoxy groups -OCH3 is 1. The molecule has 1 aromatic rings. The Kier molecular flexibility index (Phi) is 3.33. The van der Waals surface area contributed by atoms with Gasteiger partial charge in [0, 0.05) is 25.1 Å². The van der Waals surface area contributed by atoms with Crippen molar-refractivity contribution in [1.29, 1.82) is 0 Å². The van der Waals surface area contributed by atoms with Gasteiger partial charge in [-0.25, -0.2) is 0 Å². The Bertz CT molecular complexity index is 276. The molecule has 1 unspecified atom stereocenters. The van der Waals surface area contributed by atoms with Crippen LogP contribution in [0.15, 0.2) is 18.6 Å². The molecular weight excluding hydrogens is 170 g/mol. The van der Waals surface area contributed by atoms with E-state index in [1.807, 2.05) is 0 Å². The van der Waals surface area contributed by atoms with Gasteiger partial charge in [0.1, 0.15) is 5.92 Å². The van der Waals surface area contributed by atoms with E-state index in [-0.39, 0.29) is 12.5 Å². The molecule has 5 heteroatoms. The van der Waals surface area contributed by atoms with Crippen molar-refractivity contribution in [3.05, 3.63) is 24.3 Å². The highest BCUT2D eigenvalue weighted by atomic mass is 16.5. The summed E-state index contributed by atoms with van der Waals surface area (Å²) in [7, 11) is 1.32. The number of hydrogen-bond acceptors (Lipinski definition) is 5. The van der Waals surface area contributed by atoms with Crippen molar-refractivity contribution in [3.8, 4) is 0 Å². The van der Waals surface area contributed by atoms with Gasteiger partial charge in [0.2, 0.25) is 0 Å². The number of carbonyl (C=O) groups excluding carboxylic acids is 1. The smallest absolute Gasteiger partial charge is 0.316 e. The lowest BCUT2D eigenvalue weighted by molar-refractivity contribution is -0.142. The van der Waals surface area contributed by atoms with Crippen LogP contribution in [0.1, 0.15) is 11.6 Å². The first-order valence-corrected chi connectivity index (χ1v) is 3.83. The molecule has 0 radical (unpaired) electrons. The molecule has 1 rings (SSSR count). The van der Waals surface area contributed by atoms with Crippen LogP contribution in [0.3, 0.4) is 0 Å². The molecule has 0 spiro atoms. The van der Waals surface area contributed by atoms with Crippen molar-refractivity contribution in [2.24, 2.45) is 5.73 Å². The Morgan fingerprint density at radius 3 is 2.92 bits per heavy atom. The van der Waals surface area contributed by atoms with Crippen LogP contribution in [-0.4, -0.2) is 29.6 Å². The third kappa shape index (κ3) is 2.22. The molecule has 13 heavy (non-hydrogen) atoms. The fourth-order valence-electron chi connectivity index (χ4n) is 0.971. The Balaban J connectivity index is 2.85. The molecule has 5 nitrogen and oxygen atoms in total. The van der Waals surface area contributed by atoms with Crippen LogP contribution in [0.25, 0.3) is 0 Å². The summed E-state index contributed by atoms with van der Waals surface area (Å²) in [5, 5.41) is 0. The second-order valence-corrected chi connectivity index (χ2v) is 2.44. The number of hydrogen-bond donors (Lipinski definition) is 1. The Labute approximate surface area is 75.9 Å². The van der Waals surface area contributed by atoms with E-state index in [0.717, 1.165) is 0 Å². The van der Waals surface area contributed by atoms with Crippen molar-refractivity contribution >= 4 is 5.97 Å². The predicted molar refractivity (Wildman–Crippen MR) is 45.8 cm³/mol. The number of aromatic nitrogens is 2. The average Bonchev–Trinajstić information content (AvgIpc) is 2.20. The quantitative estimate of drug-likeness (QED) is 0.647. The lowest BCUT2D eigenvalue weighted by Gasteiger charge is -2.10. The Morgan fingerprint density at radius 2 is 2.46 bits per heavy atom. The zero-order valence-electron chi connectivity index (χ0n) is 7.30. The molecule has 0 saturated carbocycles. The van der Waals surface area contributed by atoms with Gasteiger partial charge in [-0.3, -0.25) is 14.8 Å². The molecule has 0 aromatic carbocycles. The van der Waals surface area contributed by atoms with E-state index in [2.05, 4.69) is 14.7 Å². The van der Waals surface area contributed by atoms with Gasteiger partial charge in [0.05, 0.1) is 12.8 Å². The predicted octanol–water partition coefficient (Wildman–Crippen LogP) is -0.308. The summed E-state index contributed by atoms with van der Waals surface area (Å²) >= 11 is 0. The number of ether oxygens (including phenoxy) is 1. The van der Waals surface area contributed by atoms with Crippen LogP contribution < -0.4 is 5.73 Å². The van der Waals surface area contributed by atoms with Crippen LogP contribution in [0.2, 0.25) is 0 Å². The molecule has 0 saturated heterocycles. The second-order valence-electron chi connectivity index (χ2n) is 2.44. The summed E-state index contributed by atoms with van der Waals surface area (Å²) in [4.78, 5) is 19.0. The summed E-state index contributed by atoms with van der Waals surface area (Å²) in [6.07, 6.45) is 4.56. The van der Waals surface area contributed by atoms with Gasteiger partial charge >= 0.3 is 5.97 Å². The molecule has 0 aliphatic heterocycles. The Hall–Kier alpha value is -1.49. The molecule has 0 fully saturated rings. The standard InChI is InChI=1S/C8H11N3O2/c1-13-8(12)6(4-9)7-5-10-2-3-11-7/h2-3,5-6H,4,9H2,1H3. The molecule has 70 valence electrons. The Morgan fingerprint density at radius 1 is 1.69 bits per heavy atom. The van der Waals surface area contributed by atoms with Crippen LogP contribution in [0.4, 0.5) is 0 Å². The topological polar surface area (TPSA) is 78.1 Å². The maximum absolute atomic E-state index is 11.2. The molecule has 0 amide bonds. The highest BCUT2D eigenvalue weighted by Crippen LogP contribution is 2.11. The molecular formula is C8H11N3O2. The molecule has 0 bridgehead atoms. The van der Waals surface area contributed by atoms with Gasteiger partial charge < -0.3 is 10.5 Å². The average molecular weight is 181 g/mol. The van der Waals surface area contributed by atoms with E-state index in [1.54, 1.807) is 0 Å². The van der Waals surface area contributed by atoms with Gasteiger partial charge in [0.25, 0.3) is 0 Å². The summed E-state index contributed by atoms with van der Waals surface area (Å²) < 4.78 is 4.57. The fourth-order valence-corrected chi connectivity index (χ4v) is 0.971. The first kappa shape index (κ1) is 9.60. The number of rotatable bonds is 3. The maximum Gasteiger partial charge on any atom is 0.316 e. The fraction of sp³-hybridized carbons (Fsp3) is 0.375. The van der Waals surface area contributed by atoms with E-state index < -0.39 is 5.92 Å². The molecule has 0 aliphatic rings. The van der Waals surface area contributed by atoms with Gasteiger partial charge in [-0.2, -0.15) is 0 Å². The number of esters is 1. The summed E-state index contributed by atoms with van der Waals surface area (Å²) in [5.41, 5.74) is 5.95. The summed E-state index contributed by atoms with van der Waals surface area (Å²) in [6, 6.07) is 0. The van der Waals surface area contributed by atoms with Crippen LogP contribution in [0, 0.1) is 0 Å². The molecule has 0 aliphatic carbocycles. The van der Waals surface area contributed by atoms with E-state index in [4.69, 9.17) is 5.73 Å². The monoisotopic (exact) mass is 181 g/mol. The lowest BCUT2D eigenvalue weighted by Crippen LogP contribution is -2.23. The van der Waals surface area contributed by atoms with E-state index in [9.17, 15) is 4.79 Å². The van der Waals surface area contributed by atoms with Crippen LogP contribution >= 0.6 is 0 Å². The molecule has 1 heterocycles. The van der Waals surface area contributed by atoms with Gasteiger partial charge in [0.15, 0.2) is 0 Å². The van der Waals surface area contributed by atoms with Crippen molar-refractivity contribution in [3.63, 3.8) is 0 Å². The van der Waals surface area contributed by atoms with Crippen molar-refractivity contribution < 1.29 is 9.53 Å². The van der Waals surface area contributed by atoms with Crippen molar-refractivity contribution in [1.82, 2.24) is 9.97 Å². The summed E-state index contributed by atoms with van der Waals surface area (Å²) in [5.74, 6) is -0.901. The molecule has 2 N–H and O–H groups in total. The summed E-state index contributed by atoms with van der Waals surface area (Å²) in [6.45, 7) is 0.172. The first-order valence-electron chi connectivity index (χ1n) is 3.83. The molecule has 1 atom stereocenters. The zero-order valence-corrected chi connectivity index (χ0v) is 7.30. The lowest BCUT2D eigenvalue weighted by atomic mass is 10.1. The number of nitrogens with zero attached hydrogens (tertiary/aromatic N) is 2. The minimum atomic E-state index is -0.515. The van der Waals surface area contributed by atoms with Gasteiger partial charge in [-0.05, 0) is 0 Å². The van der Waals surface area contributed by atoms with Gasteiger partial charge in [-0.15, -0.1) is 0 Å². The number of carbonyl (C=O) groups is 1. The largest absolute Gasteiger partial charge is 0.468 e. The van der Waals surface area contributed by atoms with E-state index >= 15 is 0 Å². The first-order chi connectivity index (χ1) is 6.29. The second kappa shape index (κ2) is 4.51. The zero-order chi connectivity index (χ0) is 9.68. The number of nitrogens with two attached hydrogens (primary N) is 1. The third-order valence-electron chi connectivity index (χ3n) is 1.66. The van der Waals surface area contributed by atoms with Gasteiger partial charge in [-0.1, -0.05) is 0 Å². The van der Waals surface area contributed by atoms with Crippen LogP contribution in [0.5, 0.6) is 0 Å². The minimum Gasteiger partial charge on any atom is -0.468 e. The van der Waals surface area contributed by atoms with E-state index in [0.29, 0.717) is 5.69 Å². The highest BCUT2D eigenvalue weighted by Gasteiger charge is 2.20. The normalized spacial score (nSPS) is 12.2. The minimum absolute atomic E-state index is 0.172. The van der Waals surface area contributed by atoms with Crippen molar-refractivity contribution in [2.45, 2.75) is 5.92 Å². The highest BCUT2D eigenvalue weighted by molar-refractivity contribution is 5.77. The third-order valence-corrected chi connectivity index (χ3v) is 1.66. The van der Waals surface area contributed by atoms with Crippen LogP contribution in [-0.2, 0) is 9.53 Å². The maximum atomic E-state index is 11.2. The SMILES string of the molecule is COC(=O)C(CN)c1cnccn1.